The minimum Gasteiger partial charge on any atom is -0.496 e. The monoisotopic (exact) mass is 280 g/mol. The second kappa shape index (κ2) is 5.77. The molecule has 0 amide bonds. The average molecular weight is 280 g/mol. The number of nitro groups is 1. The predicted octanol–water partition coefficient (Wildman–Crippen LogP) is 1.90. The molecule has 0 aromatic heterocycles. The first-order chi connectivity index (χ1) is 9.49. The summed E-state index contributed by atoms with van der Waals surface area (Å²) in [6.45, 7) is 0.414. The molecule has 0 saturated heterocycles. The lowest BCUT2D eigenvalue weighted by molar-refractivity contribution is -0.384. The fourth-order valence-corrected chi connectivity index (χ4v) is 2.01. The molecular formula is C13H16N2O5. The Labute approximate surface area is 115 Å². The Bertz CT molecular complexity index is 527. The third-order valence-electron chi connectivity index (χ3n) is 3.19. The van der Waals surface area contributed by atoms with Gasteiger partial charge in [-0.1, -0.05) is 0 Å². The van der Waals surface area contributed by atoms with Crippen molar-refractivity contribution in [2.45, 2.75) is 12.8 Å². The number of methoxy groups -OCH3 is 1. The Balaban J connectivity index is 2.31. The van der Waals surface area contributed by atoms with E-state index in [1.807, 2.05) is 0 Å². The van der Waals surface area contributed by atoms with Crippen LogP contribution in [0.15, 0.2) is 18.2 Å². The van der Waals surface area contributed by atoms with Crippen LogP contribution in [-0.4, -0.2) is 36.2 Å². The number of rotatable bonds is 7. The molecule has 108 valence electrons. The maximum absolute atomic E-state index is 11.0. The molecule has 0 radical (unpaired) electrons. The maximum atomic E-state index is 11.0. The molecule has 0 unspecified atom stereocenters. The van der Waals surface area contributed by atoms with E-state index in [0.717, 1.165) is 12.8 Å². The summed E-state index contributed by atoms with van der Waals surface area (Å²) in [4.78, 5) is 23.0. The maximum Gasteiger partial charge on any atom is 0.323 e. The number of carbonyl (C=O) groups is 1. The van der Waals surface area contributed by atoms with Gasteiger partial charge in [0, 0.05) is 24.4 Å². The molecule has 1 fully saturated rings. The van der Waals surface area contributed by atoms with E-state index in [1.54, 1.807) is 11.0 Å². The predicted molar refractivity (Wildman–Crippen MR) is 72.2 cm³/mol. The molecule has 2 rings (SSSR count). The summed E-state index contributed by atoms with van der Waals surface area (Å²) in [6.07, 6.45) is 2.14. The fourth-order valence-electron chi connectivity index (χ4n) is 2.01. The number of benzene rings is 1. The van der Waals surface area contributed by atoms with Crippen LogP contribution < -0.4 is 9.64 Å². The summed E-state index contributed by atoms with van der Waals surface area (Å²) in [5.41, 5.74) is 0.399. The summed E-state index contributed by atoms with van der Waals surface area (Å²) < 4.78 is 5.04. The van der Waals surface area contributed by atoms with Gasteiger partial charge in [0.25, 0.3) is 5.69 Å². The van der Waals surface area contributed by atoms with Crippen LogP contribution in [0.1, 0.15) is 12.8 Å². The van der Waals surface area contributed by atoms with Gasteiger partial charge in [0.05, 0.1) is 18.1 Å². The second-order valence-electron chi connectivity index (χ2n) is 4.86. The SMILES string of the molecule is COc1cc(N(CC(=O)O)CC2CC2)cc([N+](=O)[O-])c1. The number of anilines is 1. The van der Waals surface area contributed by atoms with Crippen molar-refractivity contribution in [3.05, 3.63) is 28.3 Å². The molecule has 1 N–H and O–H groups in total. The summed E-state index contributed by atoms with van der Waals surface area (Å²) in [6, 6.07) is 4.33. The van der Waals surface area contributed by atoms with E-state index in [0.29, 0.717) is 23.9 Å². The number of non-ortho nitro benzene ring substituents is 1. The molecular weight excluding hydrogens is 264 g/mol. The molecule has 0 heterocycles. The Kier molecular flexibility index (Phi) is 4.07. The molecule has 0 spiro atoms. The van der Waals surface area contributed by atoms with E-state index in [9.17, 15) is 14.9 Å². The van der Waals surface area contributed by atoms with Crippen molar-refractivity contribution in [3.8, 4) is 5.75 Å². The smallest absolute Gasteiger partial charge is 0.323 e. The van der Waals surface area contributed by atoms with Crippen molar-refractivity contribution in [2.75, 3.05) is 25.1 Å². The number of hydrogen-bond acceptors (Lipinski definition) is 5. The summed E-state index contributed by atoms with van der Waals surface area (Å²) in [5, 5.41) is 19.9. The van der Waals surface area contributed by atoms with Crippen LogP contribution in [0.3, 0.4) is 0 Å². The Morgan fingerprint density at radius 2 is 2.20 bits per heavy atom. The highest BCUT2D eigenvalue weighted by Crippen LogP contribution is 2.34. The number of ether oxygens (including phenoxy) is 1. The van der Waals surface area contributed by atoms with Gasteiger partial charge in [-0.15, -0.1) is 0 Å². The van der Waals surface area contributed by atoms with Crippen molar-refractivity contribution in [1.29, 1.82) is 0 Å². The number of carboxylic acids is 1. The van der Waals surface area contributed by atoms with Crippen molar-refractivity contribution in [3.63, 3.8) is 0 Å². The van der Waals surface area contributed by atoms with Crippen molar-refractivity contribution in [1.82, 2.24) is 0 Å². The van der Waals surface area contributed by atoms with Gasteiger partial charge in [0.15, 0.2) is 0 Å². The number of nitro benzene ring substituents is 1. The lowest BCUT2D eigenvalue weighted by Gasteiger charge is -2.23. The van der Waals surface area contributed by atoms with E-state index in [4.69, 9.17) is 9.84 Å². The van der Waals surface area contributed by atoms with Gasteiger partial charge >= 0.3 is 5.97 Å². The van der Waals surface area contributed by atoms with Crippen molar-refractivity contribution >= 4 is 17.3 Å². The largest absolute Gasteiger partial charge is 0.496 e. The van der Waals surface area contributed by atoms with Gasteiger partial charge in [-0.3, -0.25) is 14.9 Å². The number of nitrogens with zero attached hydrogens (tertiary/aromatic N) is 2. The quantitative estimate of drug-likeness (QED) is 0.605. The molecule has 20 heavy (non-hydrogen) atoms. The highest BCUT2D eigenvalue weighted by molar-refractivity contribution is 5.74. The minimum atomic E-state index is -0.962. The standard InChI is InChI=1S/C13H16N2O5/c1-20-12-5-10(4-11(6-12)15(18)19)14(8-13(16)17)7-9-2-3-9/h4-6,9H,2-3,7-8H2,1H3,(H,16,17). The lowest BCUT2D eigenvalue weighted by Crippen LogP contribution is -2.31. The fraction of sp³-hybridized carbons (Fsp3) is 0.462. The van der Waals surface area contributed by atoms with Crippen LogP contribution in [0.2, 0.25) is 0 Å². The van der Waals surface area contributed by atoms with E-state index in [2.05, 4.69) is 0 Å². The van der Waals surface area contributed by atoms with Gasteiger partial charge < -0.3 is 14.7 Å². The zero-order valence-corrected chi connectivity index (χ0v) is 11.1. The third-order valence-corrected chi connectivity index (χ3v) is 3.19. The van der Waals surface area contributed by atoms with Gasteiger partial charge in [-0.2, -0.15) is 0 Å². The van der Waals surface area contributed by atoms with Crippen molar-refractivity contribution in [2.24, 2.45) is 5.92 Å². The molecule has 1 saturated carbocycles. The second-order valence-corrected chi connectivity index (χ2v) is 4.86. The van der Waals surface area contributed by atoms with Gasteiger partial charge in [-0.25, -0.2) is 0 Å². The van der Waals surface area contributed by atoms with Crippen molar-refractivity contribution < 1.29 is 19.6 Å². The molecule has 0 bridgehead atoms. The lowest BCUT2D eigenvalue weighted by atomic mass is 10.2. The Hall–Kier alpha value is -2.31. The van der Waals surface area contributed by atoms with E-state index in [-0.39, 0.29) is 12.2 Å². The highest BCUT2D eigenvalue weighted by atomic mass is 16.6. The first kappa shape index (κ1) is 14.1. The van der Waals surface area contributed by atoms with Gasteiger partial charge in [-0.05, 0) is 18.8 Å². The van der Waals surface area contributed by atoms with E-state index < -0.39 is 10.9 Å². The molecule has 7 nitrogen and oxygen atoms in total. The van der Waals surface area contributed by atoms with Gasteiger partial charge in [0.2, 0.25) is 0 Å². The van der Waals surface area contributed by atoms with Crippen LogP contribution in [0.25, 0.3) is 0 Å². The molecule has 1 aliphatic rings. The Morgan fingerprint density at radius 3 is 2.70 bits per heavy atom. The first-order valence-corrected chi connectivity index (χ1v) is 6.30. The highest BCUT2D eigenvalue weighted by Gasteiger charge is 2.26. The zero-order valence-electron chi connectivity index (χ0n) is 11.1. The summed E-state index contributed by atoms with van der Waals surface area (Å²) >= 11 is 0. The molecule has 1 aliphatic carbocycles. The van der Waals surface area contributed by atoms with E-state index >= 15 is 0 Å². The van der Waals surface area contributed by atoms with Crippen LogP contribution in [0.4, 0.5) is 11.4 Å². The third kappa shape index (κ3) is 3.59. The van der Waals surface area contributed by atoms with Crippen LogP contribution >= 0.6 is 0 Å². The molecule has 7 heteroatoms. The van der Waals surface area contributed by atoms with Crippen LogP contribution in [-0.2, 0) is 4.79 Å². The van der Waals surface area contributed by atoms with Crippen LogP contribution in [0.5, 0.6) is 5.75 Å². The summed E-state index contributed by atoms with van der Waals surface area (Å²) in [7, 11) is 1.42. The summed E-state index contributed by atoms with van der Waals surface area (Å²) in [5.74, 6) is -0.142. The Morgan fingerprint density at radius 1 is 1.50 bits per heavy atom. The van der Waals surface area contributed by atoms with Gasteiger partial charge in [0.1, 0.15) is 12.3 Å². The number of aliphatic carboxylic acids is 1. The van der Waals surface area contributed by atoms with Crippen LogP contribution in [0, 0.1) is 16.0 Å². The molecule has 0 atom stereocenters. The molecule has 0 aliphatic heterocycles. The normalized spacial score (nSPS) is 13.8. The zero-order chi connectivity index (χ0) is 14.7. The minimum absolute atomic E-state index is 0.106. The average Bonchev–Trinajstić information content (AvgIpc) is 3.20. The molecule has 1 aromatic carbocycles. The topological polar surface area (TPSA) is 92.9 Å². The van der Waals surface area contributed by atoms with E-state index in [1.165, 1.54) is 19.2 Å². The molecule has 1 aromatic rings. The first-order valence-electron chi connectivity index (χ1n) is 6.30. The number of carboxylic acid groups (broad SMARTS) is 1. The number of hydrogen-bond donors (Lipinski definition) is 1.